The predicted molar refractivity (Wildman–Crippen MR) is 215 cm³/mol. The molecule has 7 aromatic rings. The number of rotatable bonds is 10. The molecule has 7 aromatic carbocycles. The molecule has 0 heterocycles. The summed E-state index contributed by atoms with van der Waals surface area (Å²) in [6, 6.07) is 53.9. The minimum Gasteiger partial charge on any atom is -0.491 e. The Bertz CT molecular complexity index is 2690. The van der Waals surface area contributed by atoms with E-state index >= 15 is 0 Å². The van der Waals surface area contributed by atoms with Crippen LogP contribution < -0.4 is 19.9 Å². The number of aliphatic hydroxyl groups is 2. The van der Waals surface area contributed by atoms with Gasteiger partial charge in [-0.05, 0) is 119 Å². The van der Waals surface area contributed by atoms with Gasteiger partial charge in [0.2, 0.25) is 0 Å². The van der Waals surface area contributed by atoms with E-state index < -0.39 is 5.41 Å². The van der Waals surface area contributed by atoms with Gasteiger partial charge in [-0.1, -0.05) is 127 Å². The average molecular weight is 691 g/mol. The summed E-state index contributed by atoms with van der Waals surface area (Å²) in [6.45, 7) is 0.493. The van der Waals surface area contributed by atoms with E-state index in [0.717, 1.165) is 38.6 Å². The summed E-state index contributed by atoms with van der Waals surface area (Å²) in [5.41, 5.74) is 9.01. The second-order valence-electron chi connectivity index (χ2n) is 13.6. The molecule has 2 N–H and O–H groups in total. The van der Waals surface area contributed by atoms with Crippen molar-refractivity contribution in [3.63, 3.8) is 0 Å². The molecule has 0 aromatic heterocycles. The van der Waals surface area contributed by atoms with Crippen molar-refractivity contribution in [1.29, 1.82) is 0 Å². The Labute approximate surface area is 308 Å². The van der Waals surface area contributed by atoms with Crippen molar-refractivity contribution in [2.75, 3.05) is 26.4 Å². The lowest BCUT2D eigenvalue weighted by molar-refractivity contribution is 0.201. The third-order valence-electron chi connectivity index (χ3n) is 10.5. The molecular formula is C49H38O4. The van der Waals surface area contributed by atoms with Crippen molar-refractivity contribution in [2.45, 2.75) is 5.41 Å². The van der Waals surface area contributed by atoms with E-state index in [-0.39, 0.29) is 26.4 Å². The lowest BCUT2D eigenvalue weighted by atomic mass is 9.69. The summed E-state index contributed by atoms with van der Waals surface area (Å²) in [4.78, 5) is 0. The summed E-state index contributed by atoms with van der Waals surface area (Å²) < 4.78 is 11.5. The lowest BCUT2D eigenvalue weighted by Crippen LogP contribution is -2.26. The monoisotopic (exact) mass is 690 g/mol. The predicted octanol–water partition coefficient (Wildman–Crippen LogP) is 8.25. The molecule has 0 saturated heterocycles. The fourth-order valence-electron chi connectivity index (χ4n) is 7.96. The number of allylic oxidation sites excluding steroid dienone is 4. The van der Waals surface area contributed by atoms with Gasteiger partial charge in [-0.2, -0.15) is 0 Å². The standard InChI is InChI=1S/C49H38O4/c50-23-25-52-42-18-14-34-27-39(12-11-36(34)29-42)48-46-31-38(33-7-3-1-4-8-33)16-20-44(46)45-21-22-49(32-47(45)48,40-9-5-2-6-10-40)41-17-13-37-30-43(53-26-24-51)19-15-35(37)28-41/h1-22,27-32,50-51H,23-26H2. The highest BCUT2D eigenvalue weighted by Gasteiger charge is 2.36. The molecule has 0 bridgehead atoms. The number of hydrogen-bond acceptors (Lipinski definition) is 4. The number of ether oxygens (including phenoxy) is 2. The molecule has 9 rings (SSSR count). The van der Waals surface area contributed by atoms with Crippen LogP contribution in [0.15, 0.2) is 175 Å². The van der Waals surface area contributed by atoms with E-state index in [1.807, 2.05) is 24.3 Å². The molecule has 0 radical (unpaired) electrons. The van der Waals surface area contributed by atoms with Gasteiger partial charge >= 0.3 is 0 Å². The van der Waals surface area contributed by atoms with Crippen LogP contribution in [-0.4, -0.2) is 36.6 Å². The Kier molecular flexibility index (Phi) is 8.47. The van der Waals surface area contributed by atoms with Crippen LogP contribution in [0.2, 0.25) is 0 Å². The van der Waals surface area contributed by atoms with E-state index in [0.29, 0.717) is 0 Å². The quantitative estimate of drug-likeness (QED) is 0.152. The lowest BCUT2D eigenvalue weighted by Gasteiger charge is -2.33. The Hall–Kier alpha value is -6.20. The van der Waals surface area contributed by atoms with Gasteiger partial charge in [0.05, 0.1) is 18.6 Å². The van der Waals surface area contributed by atoms with Crippen molar-refractivity contribution in [2.24, 2.45) is 0 Å². The van der Waals surface area contributed by atoms with Crippen molar-refractivity contribution in [3.8, 4) is 22.6 Å². The SMILES string of the molecule is OCCOc1ccc2cc(C3=c4cc(-c5ccccc5)ccc4=C4C=CC(c5ccccc5)(c5ccc6cc(OCCO)ccc6c5)C=C43)ccc2c1. The maximum absolute atomic E-state index is 9.28. The molecule has 0 spiro atoms. The zero-order chi connectivity index (χ0) is 35.8. The van der Waals surface area contributed by atoms with Gasteiger partial charge < -0.3 is 19.7 Å². The normalized spacial score (nSPS) is 16.1. The minimum atomic E-state index is -0.536. The van der Waals surface area contributed by atoms with E-state index in [2.05, 4.69) is 146 Å². The highest BCUT2D eigenvalue weighted by atomic mass is 16.5. The number of benzene rings is 7. The van der Waals surface area contributed by atoms with Crippen molar-refractivity contribution >= 4 is 32.7 Å². The first kappa shape index (κ1) is 32.7. The fourth-order valence-corrected chi connectivity index (χ4v) is 7.96. The van der Waals surface area contributed by atoms with Crippen molar-refractivity contribution in [1.82, 2.24) is 0 Å². The fraction of sp³-hybridized carbons (Fsp3) is 0.102. The molecule has 0 fully saturated rings. The molecular weight excluding hydrogens is 653 g/mol. The average Bonchev–Trinajstić information content (AvgIpc) is 3.54. The van der Waals surface area contributed by atoms with E-state index in [9.17, 15) is 10.2 Å². The molecule has 0 saturated carbocycles. The Morgan fingerprint density at radius 1 is 0.472 bits per heavy atom. The maximum Gasteiger partial charge on any atom is 0.120 e. The summed E-state index contributed by atoms with van der Waals surface area (Å²) in [5, 5.41) is 25.4. The van der Waals surface area contributed by atoms with Crippen LogP contribution in [0, 0.1) is 0 Å². The topological polar surface area (TPSA) is 58.9 Å². The zero-order valence-electron chi connectivity index (χ0n) is 29.2. The third-order valence-corrected chi connectivity index (χ3v) is 10.5. The number of hydrogen-bond donors (Lipinski definition) is 2. The highest BCUT2D eigenvalue weighted by molar-refractivity contribution is 6.03. The zero-order valence-corrected chi connectivity index (χ0v) is 29.2. The number of aliphatic hydroxyl groups excluding tert-OH is 2. The van der Waals surface area contributed by atoms with Gasteiger partial charge in [-0.15, -0.1) is 0 Å². The molecule has 4 nitrogen and oxygen atoms in total. The summed E-state index contributed by atoms with van der Waals surface area (Å²) in [6.07, 6.45) is 7.18. The van der Waals surface area contributed by atoms with Crippen LogP contribution in [0.1, 0.15) is 16.7 Å². The molecule has 2 aliphatic carbocycles. The molecule has 2 aliphatic rings. The molecule has 1 unspecified atom stereocenters. The smallest absolute Gasteiger partial charge is 0.120 e. The van der Waals surface area contributed by atoms with Gasteiger partial charge in [0.25, 0.3) is 0 Å². The van der Waals surface area contributed by atoms with Crippen LogP contribution >= 0.6 is 0 Å². The van der Waals surface area contributed by atoms with Gasteiger partial charge in [-0.25, -0.2) is 0 Å². The first-order chi connectivity index (χ1) is 26.1. The van der Waals surface area contributed by atoms with E-state index in [4.69, 9.17) is 9.47 Å². The summed E-state index contributed by atoms with van der Waals surface area (Å²) in [7, 11) is 0. The van der Waals surface area contributed by atoms with Crippen molar-refractivity contribution < 1.29 is 19.7 Å². The largest absolute Gasteiger partial charge is 0.491 e. The molecule has 1 atom stereocenters. The van der Waals surface area contributed by atoms with Crippen LogP contribution in [0.3, 0.4) is 0 Å². The van der Waals surface area contributed by atoms with Gasteiger partial charge in [-0.3, -0.25) is 0 Å². The minimum absolute atomic E-state index is 0.0203. The highest BCUT2D eigenvalue weighted by Crippen LogP contribution is 2.46. The van der Waals surface area contributed by atoms with Gasteiger partial charge in [0.1, 0.15) is 24.7 Å². The molecule has 258 valence electrons. The molecule has 0 amide bonds. The van der Waals surface area contributed by atoms with E-state index in [1.165, 1.54) is 49.4 Å². The second-order valence-corrected chi connectivity index (χ2v) is 13.6. The Balaban J connectivity index is 1.26. The maximum atomic E-state index is 9.28. The van der Waals surface area contributed by atoms with Gasteiger partial charge in [0, 0.05) is 0 Å². The second kappa shape index (κ2) is 13.7. The number of fused-ring (bicyclic) bond motifs is 4. The third kappa shape index (κ3) is 5.92. The Morgan fingerprint density at radius 3 is 1.77 bits per heavy atom. The first-order valence-electron chi connectivity index (χ1n) is 18.1. The van der Waals surface area contributed by atoms with Crippen LogP contribution in [-0.2, 0) is 5.41 Å². The summed E-state index contributed by atoms with van der Waals surface area (Å²) >= 11 is 0. The van der Waals surface area contributed by atoms with Crippen LogP contribution in [0.25, 0.3) is 43.8 Å². The van der Waals surface area contributed by atoms with Crippen LogP contribution in [0.5, 0.6) is 11.5 Å². The first-order valence-corrected chi connectivity index (χ1v) is 18.1. The van der Waals surface area contributed by atoms with Crippen molar-refractivity contribution in [3.05, 3.63) is 203 Å². The molecule has 4 heteroatoms. The van der Waals surface area contributed by atoms with Crippen LogP contribution in [0.4, 0.5) is 0 Å². The molecule has 53 heavy (non-hydrogen) atoms. The Morgan fingerprint density at radius 2 is 1.08 bits per heavy atom. The molecule has 0 aliphatic heterocycles. The van der Waals surface area contributed by atoms with E-state index in [1.54, 1.807) is 0 Å². The summed E-state index contributed by atoms with van der Waals surface area (Å²) in [5.74, 6) is 1.50. The van der Waals surface area contributed by atoms with Gasteiger partial charge in [0.15, 0.2) is 0 Å².